The van der Waals surface area contributed by atoms with Gasteiger partial charge in [0.05, 0.1) is 23.3 Å². The lowest BCUT2D eigenvalue weighted by Gasteiger charge is -2.28. The molecule has 0 radical (unpaired) electrons. The maximum atomic E-state index is 13.6. The Morgan fingerprint density at radius 1 is 1.10 bits per heavy atom. The molecule has 1 aliphatic heterocycles. The summed E-state index contributed by atoms with van der Waals surface area (Å²) < 4.78 is 1.82. The Bertz CT molecular complexity index is 1320. The molecule has 3 aromatic rings. The fourth-order valence-corrected chi connectivity index (χ4v) is 5.73. The first-order chi connectivity index (χ1) is 19.7. The Morgan fingerprint density at radius 3 is 2.59 bits per heavy atom. The summed E-state index contributed by atoms with van der Waals surface area (Å²) in [6.45, 7) is 9.06. The van der Waals surface area contributed by atoms with Crippen LogP contribution in [-0.4, -0.2) is 61.5 Å². The van der Waals surface area contributed by atoms with Gasteiger partial charge in [0, 0.05) is 31.3 Å². The smallest absolute Gasteiger partial charge is 0.243 e. The van der Waals surface area contributed by atoms with E-state index in [2.05, 4.69) is 20.7 Å². The number of hydrogen-bond donors (Lipinski definition) is 2. The third-order valence-electron chi connectivity index (χ3n) is 7.56. The first-order valence-electron chi connectivity index (χ1n) is 14.5. The van der Waals surface area contributed by atoms with Gasteiger partial charge in [-0.1, -0.05) is 50.6 Å². The maximum Gasteiger partial charge on any atom is 0.243 e. The van der Waals surface area contributed by atoms with Crippen molar-refractivity contribution in [2.75, 3.05) is 13.1 Å². The van der Waals surface area contributed by atoms with Crippen LogP contribution in [0.5, 0.6) is 0 Å². The summed E-state index contributed by atoms with van der Waals surface area (Å²) in [6, 6.07) is 8.79. The van der Waals surface area contributed by atoms with Crippen molar-refractivity contribution in [3.8, 4) is 0 Å². The van der Waals surface area contributed by atoms with Gasteiger partial charge in [0.2, 0.25) is 17.7 Å². The Balaban J connectivity index is 1.62. The molecule has 3 heterocycles. The van der Waals surface area contributed by atoms with E-state index < -0.39 is 12.1 Å². The molecule has 2 aromatic heterocycles. The molecule has 3 atom stereocenters. The predicted molar refractivity (Wildman–Crippen MR) is 158 cm³/mol. The van der Waals surface area contributed by atoms with Crippen LogP contribution in [0.2, 0.25) is 0 Å². The molecule has 0 bridgehead atoms. The number of aryl methyl sites for hydroxylation is 3. The maximum absolute atomic E-state index is 13.6. The highest BCUT2D eigenvalue weighted by atomic mass is 32.1. The average Bonchev–Trinajstić information content (AvgIpc) is 3.55. The predicted octanol–water partition coefficient (Wildman–Crippen LogP) is 3.54. The number of amides is 3. The van der Waals surface area contributed by atoms with Crippen LogP contribution in [0.4, 0.5) is 0 Å². The Morgan fingerprint density at radius 2 is 1.88 bits per heavy atom. The molecule has 0 fully saturated rings. The van der Waals surface area contributed by atoms with Gasteiger partial charge in [-0.15, -0.1) is 11.3 Å². The Kier molecular flexibility index (Phi) is 10.6. The zero-order valence-electron chi connectivity index (χ0n) is 24.4. The summed E-state index contributed by atoms with van der Waals surface area (Å²) in [5, 5.41) is 13.8. The van der Waals surface area contributed by atoms with E-state index in [9.17, 15) is 14.4 Å². The average molecular weight is 580 g/mol. The number of hydrogen-bond acceptors (Lipinski definition) is 7. The van der Waals surface area contributed by atoms with Gasteiger partial charge in [0.25, 0.3) is 0 Å². The van der Waals surface area contributed by atoms with Crippen molar-refractivity contribution in [2.24, 2.45) is 5.92 Å². The van der Waals surface area contributed by atoms with Crippen molar-refractivity contribution in [3.63, 3.8) is 0 Å². The fraction of sp³-hybridized carbons (Fsp3) is 0.533. The summed E-state index contributed by atoms with van der Waals surface area (Å²) in [6.07, 6.45) is 2.91. The number of carbonyl (C=O) groups is 3. The first-order valence-corrected chi connectivity index (χ1v) is 15.3. The topological polar surface area (TPSA) is 122 Å². The number of carbonyl (C=O) groups excluding carboxylic acids is 3. The summed E-state index contributed by atoms with van der Waals surface area (Å²) in [4.78, 5) is 51.0. The van der Waals surface area contributed by atoms with Gasteiger partial charge >= 0.3 is 0 Å². The Labute approximate surface area is 246 Å². The van der Waals surface area contributed by atoms with E-state index in [1.54, 1.807) is 11.3 Å². The van der Waals surface area contributed by atoms with Crippen molar-refractivity contribution in [3.05, 3.63) is 63.6 Å². The molecule has 4 rings (SSSR count). The lowest BCUT2D eigenvalue weighted by molar-refractivity contribution is -0.132. The quantitative estimate of drug-likeness (QED) is 0.442. The molecular weight excluding hydrogens is 538 g/mol. The van der Waals surface area contributed by atoms with Crippen LogP contribution in [0, 0.1) is 19.8 Å². The van der Waals surface area contributed by atoms with Crippen molar-refractivity contribution < 1.29 is 14.4 Å². The molecule has 0 aliphatic carbocycles. The van der Waals surface area contributed by atoms with Crippen LogP contribution in [0.1, 0.15) is 73.5 Å². The van der Waals surface area contributed by atoms with Gasteiger partial charge in [0.1, 0.15) is 17.7 Å². The molecule has 1 aliphatic rings. The molecule has 0 unspecified atom stereocenters. The van der Waals surface area contributed by atoms with Crippen LogP contribution < -0.4 is 10.6 Å². The van der Waals surface area contributed by atoms with Gasteiger partial charge < -0.3 is 15.5 Å². The second kappa shape index (κ2) is 14.3. The lowest BCUT2D eigenvalue weighted by atomic mass is 9.97. The third-order valence-corrected chi connectivity index (χ3v) is 8.38. The van der Waals surface area contributed by atoms with Crippen LogP contribution in [0.15, 0.2) is 35.7 Å². The minimum absolute atomic E-state index is 0.0214. The Hall–Kier alpha value is -3.60. The highest BCUT2D eigenvalue weighted by Gasteiger charge is 2.30. The molecule has 0 saturated carbocycles. The molecule has 11 heteroatoms. The fourth-order valence-electron chi connectivity index (χ4n) is 5.08. The van der Waals surface area contributed by atoms with Crippen LogP contribution >= 0.6 is 11.3 Å². The van der Waals surface area contributed by atoms with E-state index in [0.29, 0.717) is 57.0 Å². The first kappa shape index (κ1) is 30.4. The minimum Gasteiger partial charge on any atom is -0.344 e. The van der Waals surface area contributed by atoms with Crippen LogP contribution in [-0.2, 0) is 33.8 Å². The molecule has 0 spiro atoms. The number of nitrogens with one attached hydrogen (secondary N) is 2. The van der Waals surface area contributed by atoms with Crippen molar-refractivity contribution in [2.45, 2.75) is 84.8 Å². The number of rotatable bonds is 7. The van der Waals surface area contributed by atoms with Gasteiger partial charge in [-0.2, -0.15) is 5.10 Å². The molecule has 0 saturated heterocycles. The lowest BCUT2D eigenvalue weighted by Crippen LogP contribution is -2.51. The molecule has 2 N–H and O–H groups in total. The summed E-state index contributed by atoms with van der Waals surface area (Å²) in [7, 11) is 0. The second-order valence-electron chi connectivity index (χ2n) is 10.8. The van der Waals surface area contributed by atoms with Crippen LogP contribution in [0.25, 0.3) is 0 Å². The number of aromatic nitrogens is 4. The summed E-state index contributed by atoms with van der Waals surface area (Å²) in [5.41, 5.74) is 1.97. The molecule has 3 amide bonds. The summed E-state index contributed by atoms with van der Waals surface area (Å²) >= 11 is 1.58. The van der Waals surface area contributed by atoms with Crippen LogP contribution in [0.3, 0.4) is 0 Å². The number of thiazole rings is 1. The van der Waals surface area contributed by atoms with Crippen molar-refractivity contribution in [1.82, 2.24) is 35.3 Å². The van der Waals surface area contributed by atoms with E-state index in [-0.39, 0.29) is 30.1 Å². The highest BCUT2D eigenvalue weighted by Crippen LogP contribution is 2.20. The molecule has 10 nitrogen and oxygen atoms in total. The number of benzene rings is 1. The third kappa shape index (κ3) is 8.45. The zero-order valence-corrected chi connectivity index (χ0v) is 25.2. The van der Waals surface area contributed by atoms with E-state index >= 15 is 0 Å². The van der Waals surface area contributed by atoms with Crippen molar-refractivity contribution >= 4 is 29.1 Å². The minimum atomic E-state index is -0.675. The normalized spacial score (nSPS) is 19.6. The van der Waals surface area contributed by atoms with Gasteiger partial charge in [0.15, 0.2) is 0 Å². The molecule has 1 aromatic carbocycles. The van der Waals surface area contributed by atoms with Gasteiger partial charge in [-0.05, 0) is 44.6 Å². The standard InChI is InChI=1S/C30H41N7O3S/c1-5-20(2)28-30(40)33-25(18-23-10-7-6-8-11-23)29-31-21(3)35-37(29)17-16-36(15-9-12-26(38)34-28)27(39)14-13-24-19-41-22(4)32-24/h6-8,10-11,19-20,25,28H,5,9,12-18H2,1-4H3,(H,33,40)(H,34,38)/t20-,25-,28-/m0/s1. The van der Waals surface area contributed by atoms with E-state index in [1.807, 2.05) is 73.0 Å². The van der Waals surface area contributed by atoms with E-state index in [4.69, 9.17) is 4.98 Å². The molecule has 41 heavy (non-hydrogen) atoms. The molecule has 220 valence electrons. The zero-order chi connectivity index (χ0) is 29.4. The largest absolute Gasteiger partial charge is 0.344 e. The second-order valence-corrected chi connectivity index (χ2v) is 11.8. The monoisotopic (exact) mass is 579 g/mol. The molecular formula is C30H41N7O3S. The number of nitrogens with zero attached hydrogens (tertiary/aromatic N) is 5. The SMILES string of the molecule is CC[C@H](C)[C@@H]1NC(=O)CCCN(C(=O)CCc2csc(C)n2)CCn2nc(C)nc2[C@H](Cc2ccccc2)NC1=O. The van der Waals surface area contributed by atoms with Gasteiger partial charge in [-0.3, -0.25) is 14.4 Å². The summed E-state index contributed by atoms with van der Waals surface area (Å²) in [5.74, 6) is 0.777. The highest BCUT2D eigenvalue weighted by molar-refractivity contribution is 7.09. The van der Waals surface area contributed by atoms with Gasteiger partial charge in [-0.25, -0.2) is 14.6 Å². The van der Waals surface area contributed by atoms with Crippen molar-refractivity contribution in [1.29, 1.82) is 0 Å². The van der Waals surface area contributed by atoms with E-state index in [0.717, 1.165) is 22.7 Å². The number of fused-ring (bicyclic) bond motifs is 1. The van der Waals surface area contributed by atoms with E-state index in [1.165, 1.54) is 0 Å².